The normalized spacial score (nSPS) is 11.4. The molecular weight excluding hydrogens is 460 g/mol. The van der Waals surface area contributed by atoms with Gasteiger partial charge in [0.1, 0.15) is 0 Å². The van der Waals surface area contributed by atoms with Crippen LogP contribution in [0.25, 0.3) is 11.3 Å². The van der Waals surface area contributed by atoms with Gasteiger partial charge in [-0.3, -0.25) is 4.99 Å². The molecule has 0 N–H and O–H groups in total. The van der Waals surface area contributed by atoms with Gasteiger partial charge in [-0.2, -0.15) is 10.4 Å². The van der Waals surface area contributed by atoms with Crippen LogP contribution in [0, 0.1) is 11.3 Å². The van der Waals surface area contributed by atoms with Crippen LogP contribution in [0.5, 0.6) is 17.2 Å². The lowest BCUT2D eigenvalue weighted by Crippen LogP contribution is -2.12. The Morgan fingerprint density at radius 2 is 1.63 bits per heavy atom. The van der Waals surface area contributed by atoms with Crippen LogP contribution >= 0.6 is 11.3 Å². The van der Waals surface area contributed by atoms with Gasteiger partial charge in [0.15, 0.2) is 11.5 Å². The second kappa shape index (κ2) is 11.2. The number of ether oxygens (including phenoxy) is 3. The fraction of sp³-hybridized carbons (Fsp3) is 0.148. The summed E-state index contributed by atoms with van der Waals surface area (Å²) in [5.41, 5.74) is 4.24. The molecule has 3 aromatic carbocycles. The number of rotatable bonds is 8. The first-order valence-corrected chi connectivity index (χ1v) is 11.6. The van der Waals surface area contributed by atoms with Crippen molar-refractivity contribution in [2.24, 2.45) is 10.1 Å². The minimum Gasteiger partial charge on any atom is -0.493 e. The summed E-state index contributed by atoms with van der Waals surface area (Å²) in [6.07, 6.45) is 1.75. The molecule has 0 saturated carbocycles. The van der Waals surface area contributed by atoms with Gasteiger partial charge < -0.3 is 14.2 Å². The lowest BCUT2D eigenvalue weighted by Gasteiger charge is -2.14. The van der Waals surface area contributed by atoms with Crippen molar-refractivity contribution < 1.29 is 14.2 Å². The Labute approximate surface area is 207 Å². The first-order valence-electron chi connectivity index (χ1n) is 10.8. The summed E-state index contributed by atoms with van der Waals surface area (Å²) in [5.74, 6) is 1.63. The van der Waals surface area contributed by atoms with Crippen LogP contribution in [-0.2, 0) is 6.54 Å². The van der Waals surface area contributed by atoms with Crippen LogP contribution in [0.2, 0.25) is 0 Å². The number of hydrogen-bond donors (Lipinski definition) is 0. The van der Waals surface area contributed by atoms with Crippen LogP contribution in [0.4, 0.5) is 0 Å². The minimum atomic E-state index is 0.524. The van der Waals surface area contributed by atoms with E-state index >= 15 is 0 Å². The molecule has 0 saturated heterocycles. The zero-order valence-corrected chi connectivity index (χ0v) is 20.5. The van der Waals surface area contributed by atoms with E-state index in [-0.39, 0.29) is 0 Å². The Kier molecular flexibility index (Phi) is 7.60. The molecule has 0 aliphatic heterocycles. The van der Waals surface area contributed by atoms with Crippen LogP contribution in [0.3, 0.4) is 0 Å². The third-order valence-corrected chi connectivity index (χ3v) is 6.10. The number of thiazole rings is 1. The first kappa shape index (κ1) is 23.8. The number of methoxy groups -OCH3 is 3. The molecule has 8 heteroatoms. The van der Waals surface area contributed by atoms with Crippen molar-refractivity contribution in [3.05, 3.63) is 93.6 Å². The molecule has 4 aromatic rings. The van der Waals surface area contributed by atoms with Crippen LogP contribution in [0.15, 0.2) is 82.2 Å². The second-order valence-electron chi connectivity index (χ2n) is 7.41. The average Bonchev–Trinajstić information content (AvgIpc) is 3.33. The van der Waals surface area contributed by atoms with Crippen LogP contribution in [0.1, 0.15) is 16.7 Å². The highest BCUT2D eigenvalue weighted by Gasteiger charge is 2.17. The highest BCUT2D eigenvalue weighted by Crippen LogP contribution is 2.41. The van der Waals surface area contributed by atoms with E-state index in [2.05, 4.69) is 6.07 Å². The summed E-state index contributed by atoms with van der Waals surface area (Å²) in [6.45, 7) is 0.530. The maximum Gasteiger partial charge on any atom is 0.206 e. The highest BCUT2D eigenvalue weighted by atomic mass is 32.1. The van der Waals surface area contributed by atoms with Crippen molar-refractivity contribution in [2.75, 3.05) is 21.3 Å². The summed E-state index contributed by atoms with van der Waals surface area (Å²) in [5, 5.41) is 15.8. The van der Waals surface area contributed by atoms with E-state index < -0.39 is 0 Å². The largest absolute Gasteiger partial charge is 0.493 e. The summed E-state index contributed by atoms with van der Waals surface area (Å²) < 4.78 is 18.4. The third kappa shape index (κ3) is 5.42. The second-order valence-corrected chi connectivity index (χ2v) is 8.25. The summed E-state index contributed by atoms with van der Waals surface area (Å²) in [7, 11) is 4.76. The molecule has 0 aliphatic rings. The number of aromatic nitrogens is 1. The molecule has 1 aromatic heterocycles. The predicted octanol–water partition coefficient (Wildman–Crippen LogP) is 5.10. The lowest BCUT2D eigenvalue weighted by atomic mass is 10.1. The van der Waals surface area contributed by atoms with E-state index in [4.69, 9.17) is 29.6 Å². The molecule has 0 radical (unpaired) electrons. The van der Waals surface area contributed by atoms with Gasteiger partial charge in [0, 0.05) is 10.9 Å². The van der Waals surface area contributed by atoms with Gasteiger partial charge in [-0.25, -0.2) is 4.68 Å². The topological polar surface area (TPSA) is 81.1 Å². The van der Waals surface area contributed by atoms with Crippen molar-refractivity contribution >= 4 is 17.6 Å². The zero-order valence-electron chi connectivity index (χ0n) is 19.6. The Balaban J connectivity index is 1.82. The molecule has 0 aliphatic carbocycles. The van der Waals surface area contributed by atoms with Crippen molar-refractivity contribution in [1.82, 2.24) is 4.68 Å². The maximum absolute atomic E-state index is 9.06. The summed E-state index contributed by atoms with van der Waals surface area (Å²) in [6, 6.07) is 23.2. The molecule has 0 amide bonds. The fourth-order valence-corrected chi connectivity index (χ4v) is 4.29. The highest BCUT2D eigenvalue weighted by molar-refractivity contribution is 7.07. The molecular formula is C27H24N4O3S. The third-order valence-electron chi connectivity index (χ3n) is 5.25. The molecule has 0 spiro atoms. The Morgan fingerprint density at radius 3 is 2.23 bits per heavy atom. The molecule has 4 rings (SSSR count). The number of nitrogens with zero attached hydrogens (tertiary/aromatic N) is 4. The maximum atomic E-state index is 9.06. The standard InChI is InChI=1S/C27H24N4O3S/c1-32-24-13-22(14-25(33-2)26(24)34-3)23-18-35-27(29-16-20-7-5-4-6-8-20)31(23)30-17-21-11-9-19(15-28)10-12-21/h4-14,17-18H,16H2,1-3H3. The van der Waals surface area contributed by atoms with Crippen molar-refractivity contribution in [1.29, 1.82) is 5.26 Å². The van der Waals surface area contributed by atoms with E-state index in [0.29, 0.717) is 29.4 Å². The van der Waals surface area contributed by atoms with Gasteiger partial charge in [-0.1, -0.05) is 42.5 Å². The molecule has 176 valence electrons. The van der Waals surface area contributed by atoms with Gasteiger partial charge in [0.2, 0.25) is 10.6 Å². The molecule has 1 heterocycles. The monoisotopic (exact) mass is 484 g/mol. The van der Waals surface area contributed by atoms with Gasteiger partial charge >= 0.3 is 0 Å². The molecule has 0 atom stereocenters. The van der Waals surface area contributed by atoms with E-state index in [1.807, 2.05) is 60.0 Å². The molecule has 0 fully saturated rings. The van der Waals surface area contributed by atoms with Gasteiger partial charge in [0.25, 0.3) is 0 Å². The lowest BCUT2D eigenvalue weighted by molar-refractivity contribution is 0.324. The Hall–Kier alpha value is -4.35. The fourth-order valence-electron chi connectivity index (χ4n) is 3.46. The summed E-state index contributed by atoms with van der Waals surface area (Å²) in [4.78, 5) is 5.56. The quantitative estimate of drug-likeness (QED) is 0.326. The van der Waals surface area contributed by atoms with Crippen LogP contribution < -0.4 is 19.0 Å². The number of nitriles is 1. The molecule has 0 bridgehead atoms. The SMILES string of the molecule is COc1cc(-c2csc(=NCc3ccccc3)n2N=Cc2ccc(C#N)cc2)cc(OC)c1OC. The van der Waals surface area contributed by atoms with Crippen LogP contribution in [-0.4, -0.2) is 32.2 Å². The van der Waals surface area contributed by atoms with Gasteiger partial charge in [0.05, 0.1) is 51.4 Å². The molecule has 0 unspecified atom stereocenters. The number of hydrogen-bond acceptors (Lipinski definition) is 7. The number of benzene rings is 3. The first-order chi connectivity index (χ1) is 17.2. The predicted molar refractivity (Wildman–Crippen MR) is 137 cm³/mol. The Bertz CT molecular complexity index is 1410. The summed E-state index contributed by atoms with van der Waals surface area (Å²) >= 11 is 1.49. The minimum absolute atomic E-state index is 0.524. The van der Waals surface area contributed by atoms with Crippen molar-refractivity contribution in [3.8, 4) is 34.6 Å². The van der Waals surface area contributed by atoms with E-state index in [9.17, 15) is 0 Å². The van der Waals surface area contributed by atoms with Gasteiger partial charge in [-0.05, 0) is 35.4 Å². The van der Waals surface area contributed by atoms with Gasteiger partial charge in [-0.15, -0.1) is 11.3 Å². The van der Waals surface area contributed by atoms with Crippen molar-refractivity contribution in [2.45, 2.75) is 6.54 Å². The smallest absolute Gasteiger partial charge is 0.206 e. The molecule has 35 heavy (non-hydrogen) atoms. The van der Waals surface area contributed by atoms with E-state index in [1.165, 1.54) is 11.3 Å². The van der Waals surface area contributed by atoms with E-state index in [0.717, 1.165) is 27.2 Å². The zero-order chi connectivity index (χ0) is 24.6. The molecule has 7 nitrogen and oxygen atoms in total. The van der Waals surface area contributed by atoms with E-state index in [1.54, 1.807) is 44.4 Å². The Morgan fingerprint density at radius 1 is 0.943 bits per heavy atom. The average molecular weight is 485 g/mol. The van der Waals surface area contributed by atoms with Crippen molar-refractivity contribution in [3.63, 3.8) is 0 Å².